The highest BCUT2D eigenvalue weighted by Crippen LogP contribution is 2.42. The van der Waals surface area contributed by atoms with Crippen molar-refractivity contribution in [2.45, 2.75) is 6.92 Å². The van der Waals surface area contributed by atoms with Gasteiger partial charge in [0, 0.05) is 23.0 Å². The van der Waals surface area contributed by atoms with Crippen LogP contribution in [0.3, 0.4) is 0 Å². The summed E-state index contributed by atoms with van der Waals surface area (Å²) in [5.74, 6) is 0. The van der Waals surface area contributed by atoms with E-state index in [9.17, 15) is 9.59 Å². The predicted molar refractivity (Wildman–Crippen MR) is 178 cm³/mol. The highest BCUT2D eigenvalue weighted by Gasteiger charge is 2.20. The van der Waals surface area contributed by atoms with E-state index in [4.69, 9.17) is 8.83 Å². The van der Waals surface area contributed by atoms with E-state index in [0.29, 0.717) is 43.9 Å². The van der Waals surface area contributed by atoms with Crippen LogP contribution in [0.25, 0.3) is 55.0 Å². The molecule has 0 N–H and O–H groups in total. The van der Waals surface area contributed by atoms with Crippen LogP contribution in [-0.2, 0) is 0 Å². The Balaban J connectivity index is 1.38. The summed E-state index contributed by atoms with van der Waals surface area (Å²) in [6, 6.07) is 42.8. The second-order valence-corrected chi connectivity index (χ2v) is 10.9. The van der Waals surface area contributed by atoms with Gasteiger partial charge in [0.15, 0.2) is 0 Å². The lowest BCUT2D eigenvalue weighted by Crippen LogP contribution is -2.13. The van der Waals surface area contributed by atoms with Gasteiger partial charge in [-0.05, 0) is 66.6 Å². The summed E-state index contributed by atoms with van der Waals surface area (Å²) < 4.78 is 12.4. The average molecular weight is 572 g/mol. The number of aryl methyl sites for hydroxylation is 1. The highest BCUT2D eigenvalue weighted by atomic mass is 16.3. The summed E-state index contributed by atoms with van der Waals surface area (Å²) in [7, 11) is 0. The average Bonchev–Trinajstić information content (AvgIpc) is 3.06. The van der Waals surface area contributed by atoms with Gasteiger partial charge in [-0.25, -0.2) is 0 Å². The van der Waals surface area contributed by atoms with Gasteiger partial charge in [0.05, 0.1) is 27.2 Å². The molecule has 2 heterocycles. The summed E-state index contributed by atoms with van der Waals surface area (Å²) in [5.41, 5.74) is 7.35. The van der Waals surface area contributed by atoms with E-state index in [1.165, 1.54) is 0 Å². The molecule has 0 fully saturated rings. The number of anilines is 3. The lowest BCUT2D eigenvalue weighted by molar-refractivity contribution is 0.652. The van der Waals surface area contributed by atoms with Crippen molar-refractivity contribution in [2.75, 3.05) is 4.90 Å². The molecular weight excluding hydrogens is 546 g/mol. The highest BCUT2D eigenvalue weighted by molar-refractivity contribution is 6.01. The minimum Gasteiger partial charge on any atom is -0.456 e. The van der Waals surface area contributed by atoms with Crippen molar-refractivity contribution in [1.82, 2.24) is 0 Å². The van der Waals surface area contributed by atoms with Crippen LogP contribution in [-0.4, -0.2) is 0 Å². The van der Waals surface area contributed by atoms with Crippen LogP contribution in [0.1, 0.15) is 5.56 Å². The van der Waals surface area contributed by atoms with Crippen LogP contribution < -0.4 is 15.8 Å². The van der Waals surface area contributed by atoms with Gasteiger partial charge in [-0.2, -0.15) is 0 Å². The van der Waals surface area contributed by atoms with E-state index < -0.39 is 0 Å². The molecule has 5 heteroatoms. The quantitative estimate of drug-likeness (QED) is 0.197. The third-order valence-electron chi connectivity index (χ3n) is 8.20. The Kier molecular flexibility index (Phi) is 5.91. The van der Waals surface area contributed by atoms with Gasteiger partial charge in [-0.15, -0.1) is 0 Å². The van der Waals surface area contributed by atoms with E-state index in [1.54, 1.807) is 30.3 Å². The molecule has 0 saturated heterocycles. The van der Waals surface area contributed by atoms with Gasteiger partial charge in [0.1, 0.15) is 22.3 Å². The third kappa shape index (κ3) is 4.09. The molecule has 0 aliphatic carbocycles. The number of benzene rings is 6. The van der Waals surface area contributed by atoms with Gasteiger partial charge >= 0.3 is 0 Å². The van der Waals surface area contributed by atoms with E-state index in [0.717, 1.165) is 33.8 Å². The maximum Gasteiger partial charge on any atom is 0.200 e. The Labute approximate surface area is 251 Å². The van der Waals surface area contributed by atoms with Gasteiger partial charge in [0.25, 0.3) is 0 Å². The van der Waals surface area contributed by atoms with Crippen molar-refractivity contribution in [2.24, 2.45) is 0 Å². The number of hydrogen-bond donors (Lipinski definition) is 0. The van der Waals surface area contributed by atoms with Crippen LogP contribution in [0.4, 0.5) is 17.1 Å². The second-order valence-electron chi connectivity index (χ2n) is 10.9. The lowest BCUT2D eigenvalue weighted by atomic mass is 10.0. The zero-order valence-electron chi connectivity index (χ0n) is 23.8. The summed E-state index contributed by atoms with van der Waals surface area (Å²) in [5, 5.41) is 1.66. The summed E-state index contributed by atoms with van der Waals surface area (Å²) in [6.45, 7) is 2.09. The van der Waals surface area contributed by atoms with E-state index in [2.05, 4.69) is 48.2 Å². The number of hydrogen-bond acceptors (Lipinski definition) is 5. The Hall–Kier alpha value is -5.94. The second kappa shape index (κ2) is 10.1. The molecule has 0 radical (unpaired) electrons. The van der Waals surface area contributed by atoms with Gasteiger partial charge in [-0.1, -0.05) is 78.9 Å². The molecule has 0 saturated carbocycles. The molecule has 0 amide bonds. The Morgan fingerprint density at radius 3 is 1.80 bits per heavy atom. The fourth-order valence-electron chi connectivity index (χ4n) is 6.03. The fraction of sp³-hybridized carbons (Fsp3) is 0.0256. The van der Waals surface area contributed by atoms with Crippen molar-refractivity contribution in [3.05, 3.63) is 159 Å². The standard InChI is InChI=1S/C39H25NO4/c1-24-11-5-8-16-32(24)40(33-17-9-6-14-27(33)25-12-3-2-4-13-25)26-19-20-29-35(21-26)44-37-23-30-36(22-31(37)39(29)42)43-34-18-10-7-15-28(34)38(30)41/h2-23H,1H3. The molecule has 0 spiro atoms. The molecule has 0 atom stereocenters. The number of nitrogens with zero attached hydrogens (tertiary/aromatic N) is 1. The minimum atomic E-state index is -0.183. The lowest BCUT2D eigenvalue weighted by Gasteiger charge is -2.29. The molecule has 0 aliphatic heterocycles. The molecule has 5 nitrogen and oxygen atoms in total. The normalized spacial score (nSPS) is 11.5. The van der Waals surface area contributed by atoms with Gasteiger partial charge in [0.2, 0.25) is 10.9 Å². The molecule has 210 valence electrons. The Morgan fingerprint density at radius 2 is 1.05 bits per heavy atom. The maximum atomic E-state index is 13.8. The molecule has 0 bridgehead atoms. The first kappa shape index (κ1) is 25.7. The molecule has 44 heavy (non-hydrogen) atoms. The van der Waals surface area contributed by atoms with Crippen LogP contribution in [0, 0.1) is 6.92 Å². The largest absolute Gasteiger partial charge is 0.456 e. The van der Waals surface area contributed by atoms with E-state index in [1.807, 2.05) is 66.7 Å². The predicted octanol–water partition coefficient (Wildman–Crippen LogP) is 9.65. The first-order chi connectivity index (χ1) is 21.6. The van der Waals surface area contributed by atoms with E-state index in [-0.39, 0.29) is 10.9 Å². The fourth-order valence-corrected chi connectivity index (χ4v) is 6.03. The van der Waals surface area contributed by atoms with Crippen molar-refractivity contribution in [3.8, 4) is 11.1 Å². The van der Waals surface area contributed by atoms with Gasteiger partial charge in [-0.3, -0.25) is 9.59 Å². The molecule has 6 aromatic carbocycles. The zero-order valence-corrected chi connectivity index (χ0v) is 23.8. The Bertz CT molecular complexity index is 2510. The molecule has 2 aromatic heterocycles. The summed E-state index contributed by atoms with van der Waals surface area (Å²) >= 11 is 0. The van der Waals surface area contributed by atoms with Crippen LogP contribution in [0.15, 0.2) is 152 Å². The summed E-state index contributed by atoms with van der Waals surface area (Å²) in [4.78, 5) is 29.3. The van der Waals surface area contributed by atoms with Crippen molar-refractivity contribution < 1.29 is 8.83 Å². The number of para-hydroxylation sites is 3. The molecule has 8 aromatic rings. The molecule has 0 unspecified atom stereocenters. The van der Waals surface area contributed by atoms with Crippen LogP contribution >= 0.6 is 0 Å². The SMILES string of the molecule is Cc1ccccc1N(c1ccc2c(=O)c3cc4oc5ccccc5c(=O)c4cc3oc2c1)c1ccccc1-c1ccccc1. The Morgan fingerprint density at radius 1 is 0.477 bits per heavy atom. The van der Waals surface area contributed by atoms with Crippen molar-refractivity contribution in [1.29, 1.82) is 0 Å². The minimum absolute atomic E-state index is 0.163. The molecular formula is C39H25NO4. The van der Waals surface area contributed by atoms with Gasteiger partial charge < -0.3 is 13.7 Å². The first-order valence-corrected chi connectivity index (χ1v) is 14.4. The van der Waals surface area contributed by atoms with Crippen molar-refractivity contribution in [3.63, 3.8) is 0 Å². The third-order valence-corrected chi connectivity index (χ3v) is 8.20. The first-order valence-electron chi connectivity index (χ1n) is 14.4. The summed E-state index contributed by atoms with van der Waals surface area (Å²) in [6.07, 6.45) is 0. The topological polar surface area (TPSA) is 63.7 Å². The number of rotatable bonds is 4. The van der Waals surface area contributed by atoms with E-state index >= 15 is 0 Å². The van der Waals surface area contributed by atoms with Crippen LogP contribution in [0.5, 0.6) is 0 Å². The smallest absolute Gasteiger partial charge is 0.200 e. The maximum absolute atomic E-state index is 13.8. The zero-order chi connectivity index (χ0) is 29.8. The monoisotopic (exact) mass is 571 g/mol. The van der Waals surface area contributed by atoms with Crippen LogP contribution in [0.2, 0.25) is 0 Å². The molecule has 8 rings (SSSR count). The molecule has 0 aliphatic rings. The van der Waals surface area contributed by atoms with Crippen molar-refractivity contribution >= 4 is 60.9 Å². The number of fused-ring (bicyclic) bond motifs is 4.